The van der Waals surface area contributed by atoms with E-state index >= 15 is 0 Å². The highest BCUT2D eigenvalue weighted by Gasteiger charge is 2.34. The van der Waals surface area contributed by atoms with Gasteiger partial charge in [0.05, 0.1) is 10.8 Å². The first-order valence-electron chi connectivity index (χ1n) is 7.06. The molecule has 1 aliphatic rings. The molecule has 118 valence electrons. The lowest BCUT2D eigenvalue weighted by atomic mass is 9.90. The number of nitro groups is 1. The van der Waals surface area contributed by atoms with Crippen LogP contribution in [0.2, 0.25) is 0 Å². The van der Waals surface area contributed by atoms with E-state index in [1.54, 1.807) is 13.0 Å². The van der Waals surface area contributed by atoms with Crippen LogP contribution in [-0.2, 0) is 4.79 Å². The lowest BCUT2D eigenvalue weighted by Crippen LogP contribution is -2.45. The molecule has 1 fully saturated rings. The molecule has 1 N–H and O–H groups in total. The molecule has 0 aromatic heterocycles. The van der Waals surface area contributed by atoms with Crippen LogP contribution in [0.3, 0.4) is 0 Å². The van der Waals surface area contributed by atoms with Gasteiger partial charge >= 0.3 is 5.97 Å². The highest BCUT2D eigenvalue weighted by atomic mass is 16.6. The summed E-state index contributed by atoms with van der Waals surface area (Å²) in [6.45, 7) is 4.12. The molecule has 7 heteroatoms. The van der Waals surface area contributed by atoms with Gasteiger partial charge in [-0.05, 0) is 30.9 Å². The zero-order chi connectivity index (χ0) is 16.4. The maximum Gasteiger partial charge on any atom is 0.308 e. The summed E-state index contributed by atoms with van der Waals surface area (Å²) >= 11 is 0. The fourth-order valence-corrected chi connectivity index (χ4v) is 2.85. The Labute approximate surface area is 127 Å². The predicted molar refractivity (Wildman–Crippen MR) is 78.6 cm³/mol. The van der Waals surface area contributed by atoms with Gasteiger partial charge in [0.15, 0.2) is 0 Å². The summed E-state index contributed by atoms with van der Waals surface area (Å²) < 4.78 is 0. The molecule has 1 saturated heterocycles. The van der Waals surface area contributed by atoms with Crippen molar-refractivity contribution in [1.29, 1.82) is 0 Å². The van der Waals surface area contributed by atoms with Crippen LogP contribution in [0, 0.1) is 28.9 Å². The smallest absolute Gasteiger partial charge is 0.308 e. The number of aliphatic carboxylic acids is 1. The lowest BCUT2D eigenvalue weighted by molar-refractivity contribution is -0.385. The Bertz CT molecular complexity index is 628. The minimum Gasteiger partial charge on any atom is -0.481 e. The molecule has 1 aromatic rings. The van der Waals surface area contributed by atoms with Crippen molar-refractivity contribution in [3.05, 3.63) is 39.4 Å². The van der Waals surface area contributed by atoms with Gasteiger partial charge in [0.25, 0.3) is 11.6 Å². The second-order valence-corrected chi connectivity index (χ2v) is 5.86. The average Bonchev–Trinajstić information content (AvgIpc) is 2.45. The van der Waals surface area contributed by atoms with Crippen molar-refractivity contribution in [2.45, 2.75) is 20.3 Å². The standard InChI is InChI=1S/C15H18N2O5/c1-9-3-4-13(17(21)22)12(6-9)14(18)16-7-10(2)5-11(8-16)15(19)20/h3-4,6,10-11H,5,7-8H2,1-2H3,(H,19,20). The van der Waals surface area contributed by atoms with Crippen LogP contribution in [-0.4, -0.2) is 39.9 Å². The zero-order valence-electron chi connectivity index (χ0n) is 12.5. The third kappa shape index (κ3) is 3.24. The van der Waals surface area contributed by atoms with Crippen LogP contribution in [0.5, 0.6) is 0 Å². The van der Waals surface area contributed by atoms with Gasteiger partial charge in [-0.1, -0.05) is 13.0 Å². The van der Waals surface area contributed by atoms with E-state index in [0.29, 0.717) is 13.0 Å². The number of hydrogen-bond acceptors (Lipinski definition) is 4. The summed E-state index contributed by atoms with van der Waals surface area (Å²) in [5, 5.41) is 20.3. The van der Waals surface area contributed by atoms with Crippen molar-refractivity contribution >= 4 is 17.6 Å². The second-order valence-electron chi connectivity index (χ2n) is 5.86. The van der Waals surface area contributed by atoms with Crippen molar-refractivity contribution in [3.8, 4) is 0 Å². The zero-order valence-corrected chi connectivity index (χ0v) is 12.5. The van der Waals surface area contributed by atoms with Crippen molar-refractivity contribution in [3.63, 3.8) is 0 Å². The molecule has 1 heterocycles. The van der Waals surface area contributed by atoms with E-state index in [9.17, 15) is 19.7 Å². The van der Waals surface area contributed by atoms with E-state index in [2.05, 4.69) is 0 Å². The molecular weight excluding hydrogens is 288 g/mol. The summed E-state index contributed by atoms with van der Waals surface area (Å²) in [6.07, 6.45) is 0.509. The number of carboxylic acids is 1. The van der Waals surface area contributed by atoms with Gasteiger partial charge in [0.2, 0.25) is 0 Å². The van der Waals surface area contributed by atoms with Crippen LogP contribution >= 0.6 is 0 Å². The van der Waals surface area contributed by atoms with Gasteiger partial charge in [-0.25, -0.2) is 0 Å². The molecule has 1 aliphatic heterocycles. The number of piperidine rings is 1. The van der Waals surface area contributed by atoms with Crippen LogP contribution in [0.1, 0.15) is 29.3 Å². The first-order valence-corrected chi connectivity index (χ1v) is 7.06. The number of aryl methyl sites for hydroxylation is 1. The van der Waals surface area contributed by atoms with Crippen LogP contribution in [0.15, 0.2) is 18.2 Å². The Balaban J connectivity index is 2.33. The van der Waals surface area contributed by atoms with Crippen LogP contribution in [0.4, 0.5) is 5.69 Å². The number of nitrogens with zero attached hydrogens (tertiary/aromatic N) is 2. The molecule has 0 saturated carbocycles. The quantitative estimate of drug-likeness (QED) is 0.680. The fourth-order valence-electron chi connectivity index (χ4n) is 2.85. The van der Waals surface area contributed by atoms with Crippen molar-refractivity contribution in [2.24, 2.45) is 11.8 Å². The minimum absolute atomic E-state index is 0.0169. The number of benzene rings is 1. The van der Waals surface area contributed by atoms with Gasteiger partial charge < -0.3 is 10.0 Å². The molecule has 22 heavy (non-hydrogen) atoms. The first-order chi connectivity index (χ1) is 10.3. The monoisotopic (exact) mass is 306 g/mol. The van der Waals surface area contributed by atoms with E-state index in [4.69, 9.17) is 5.11 Å². The number of rotatable bonds is 3. The van der Waals surface area contributed by atoms with Crippen molar-refractivity contribution in [2.75, 3.05) is 13.1 Å². The molecule has 0 radical (unpaired) electrons. The molecule has 0 spiro atoms. The third-order valence-corrected chi connectivity index (χ3v) is 3.88. The van der Waals surface area contributed by atoms with E-state index in [1.807, 2.05) is 6.92 Å². The van der Waals surface area contributed by atoms with Gasteiger partial charge in [0.1, 0.15) is 5.56 Å². The van der Waals surface area contributed by atoms with Gasteiger partial charge in [-0.3, -0.25) is 19.7 Å². The summed E-state index contributed by atoms with van der Waals surface area (Å²) in [4.78, 5) is 35.7. The fraction of sp³-hybridized carbons (Fsp3) is 0.467. The normalized spacial score (nSPS) is 21.5. The molecule has 7 nitrogen and oxygen atoms in total. The molecule has 2 rings (SSSR count). The molecular formula is C15H18N2O5. The third-order valence-electron chi connectivity index (χ3n) is 3.88. The maximum absolute atomic E-state index is 12.6. The first kappa shape index (κ1) is 15.9. The maximum atomic E-state index is 12.6. The number of likely N-dealkylation sites (tertiary alicyclic amines) is 1. The molecule has 0 bridgehead atoms. The van der Waals surface area contributed by atoms with E-state index in [-0.39, 0.29) is 23.7 Å². The number of hydrogen-bond donors (Lipinski definition) is 1. The Kier molecular flexibility index (Phi) is 4.44. The number of carbonyl (C=O) groups excluding carboxylic acids is 1. The summed E-state index contributed by atoms with van der Waals surface area (Å²) in [5.41, 5.74) is 0.512. The summed E-state index contributed by atoms with van der Waals surface area (Å²) in [7, 11) is 0. The van der Waals surface area contributed by atoms with Crippen molar-refractivity contribution < 1.29 is 19.6 Å². The topological polar surface area (TPSA) is 101 Å². The lowest BCUT2D eigenvalue weighted by Gasteiger charge is -2.34. The minimum atomic E-state index is -0.942. The molecule has 1 amide bonds. The Morgan fingerprint density at radius 3 is 2.64 bits per heavy atom. The molecule has 2 atom stereocenters. The van der Waals surface area contributed by atoms with Crippen LogP contribution < -0.4 is 0 Å². The molecule has 2 unspecified atom stereocenters. The second kappa shape index (κ2) is 6.13. The van der Waals surface area contributed by atoms with E-state index in [0.717, 1.165) is 5.56 Å². The summed E-state index contributed by atoms with van der Waals surface area (Å²) in [5.74, 6) is -2.00. The number of nitro benzene ring substituents is 1. The Morgan fingerprint density at radius 1 is 1.36 bits per heavy atom. The van der Waals surface area contributed by atoms with Crippen LogP contribution in [0.25, 0.3) is 0 Å². The van der Waals surface area contributed by atoms with Gasteiger partial charge in [-0.2, -0.15) is 0 Å². The van der Waals surface area contributed by atoms with E-state index in [1.165, 1.54) is 17.0 Å². The predicted octanol–water partition coefficient (Wildman–Crippen LogP) is 2.09. The SMILES string of the molecule is Cc1ccc([N+](=O)[O-])c(C(=O)N2CC(C)CC(C(=O)O)C2)c1. The Hall–Kier alpha value is -2.44. The highest BCUT2D eigenvalue weighted by Crippen LogP contribution is 2.27. The number of carboxylic acid groups (broad SMARTS) is 1. The van der Waals surface area contributed by atoms with Gasteiger partial charge in [0, 0.05) is 19.2 Å². The van der Waals surface area contributed by atoms with Gasteiger partial charge in [-0.15, -0.1) is 0 Å². The average molecular weight is 306 g/mol. The Morgan fingerprint density at radius 2 is 2.05 bits per heavy atom. The van der Waals surface area contributed by atoms with E-state index < -0.39 is 22.7 Å². The highest BCUT2D eigenvalue weighted by molar-refractivity contribution is 5.98. The summed E-state index contributed by atoms with van der Waals surface area (Å²) in [6, 6.07) is 4.37. The number of amides is 1. The molecule has 0 aliphatic carbocycles. The largest absolute Gasteiger partial charge is 0.481 e. The van der Waals surface area contributed by atoms with Crippen molar-refractivity contribution in [1.82, 2.24) is 4.90 Å². The molecule has 1 aromatic carbocycles. The number of carbonyl (C=O) groups is 2.